The van der Waals surface area contributed by atoms with E-state index in [0.717, 1.165) is 12.0 Å². The van der Waals surface area contributed by atoms with E-state index >= 15 is 0 Å². The van der Waals surface area contributed by atoms with Gasteiger partial charge in [0.15, 0.2) is 11.5 Å². The number of amides is 1. The molecule has 1 aromatic heterocycles. The summed E-state index contributed by atoms with van der Waals surface area (Å²) < 4.78 is 7.30. The van der Waals surface area contributed by atoms with Gasteiger partial charge in [-0.05, 0) is 36.6 Å². The number of phenolic OH excluding ortho intramolecular Hbond substituents is 1. The van der Waals surface area contributed by atoms with E-state index in [4.69, 9.17) is 21.3 Å². The first kappa shape index (κ1) is 23.6. The number of benzene rings is 2. The van der Waals surface area contributed by atoms with Crippen LogP contribution in [-0.4, -0.2) is 57.7 Å². The lowest BCUT2D eigenvalue weighted by molar-refractivity contribution is 0.0835. The van der Waals surface area contributed by atoms with Crippen LogP contribution in [-0.2, 0) is 13.0 Å². The Morgan fingerprint density at radius 3 is 2.62 bits per heavy atom. The average Bonchev–Trinajstić information content (AvgIpc) is 3.39. The highest BCUT2D eigenvalue weighted by molar-refractivity contribution is 6.32. The van der Waals surface area contributed by atoms with Crippen LogP contribution in [0.15, 0.2) is 53.5 Å². The van der Waals surface area contributed by atoms with Crippen LogP contribution in [0.5, 0.6) is 11.8 Å². The Kier molecular flexibility index (Phi) is 6.52. The third-order valence-electron chi connectivity index (χ3n) is 5.96. The SMILES string of the molecule is C.CCN1C(=O)c2c(nc(OC)n2Cc2ccc(O)c(Cl)c2)N2C[C@@H](Cc3ccccc3)N=C12. The number of carbonyl (C=O) groups is 1. The number of nitrogens with zero attached hydrogens (tertiary/aromatic N) is 5. The third-order valence-corrected chi connectivity index (χ3v) is 6.26. The molecule has 178 valence electrons. The van der Waals surface area contributed by atoms with E-state index in [1.165, 1.54) is 18.7 Å². The van der Waals surface area contributed by atoms with Gasteiger partial charge in [0.2, 0.25) is 5.96 Å². The van der Waals surface area contributed by atoms with E-state index < -0.39 is 0 Å². The molecular formula is C25H28ClN5O3. The Labute approximate surface area is 204 Å². The maximum absolute atomic E-state index is 13.6. The molecule has 0 unspecified atom stereocenters. The van der Waals surface area contributed by atoms with Crippen LogP contribution >= 0.6 is 11.6 Å². The quantitative estimate of drug-likeness (QED) is 0.570. The van der Waals surface area contributed by atoms with E-state index in [2.05, 4.69) is 17.1 Å². The maximum Gasteiger partial charge on any atom is 0.299 e. The van der Waals surface area contributed by atoms with Crippen LogP contribution in [0.3, 0.4) is 0 Å². The predicted octanol–water partition coefficient (Wildman–Crippen LogP) is 4.20. The minimum Gasteiger partial charge on any atom is -0.506 e. The van der Waals surface area contributed by atoms with Crippen molar-refractivity contribution in [3.8, 4) is 11.8 Å². The summed E-state index contributed by atoms with van der Waals surface area (Å²) in [5.74, 6) is 1.04. The third kappa shape index (κ3) is 3.98. The van der Waals surface area contributed by atoms with Crippen molar-refractivity contribution in [2.45, 2.75) is 33.4 Å². The molecule has 8 nitrogen and oxygen atoms in total. The number of anilines is 1. The largest absolute Gasteiger partial charge is 0.506 e. The van der Waals surface area contributed by atoms with Gasteiger partial charge in [-0.2, -0.15) is 4.98 Å². The normalized spacial score (nSPS) is 16.6. The Balaban J connectivity index is 0.00000274. The molecule has 9 heteroatoms. The van der Waals surface area contributed by atoms with Crippen LogP contribution in [0, 0.1) is 0 Å². The van der Waals surface area contributed by atoms with E-state index in [-0.39, 0.29) is 30.1 Å². The molecule has 0 bridgehead atoms. The first-order valence-electron chi connectivity index (χ1n) is 10.8. The number of guanidine groups is 1. The number of aromatic hydroxyl groups is 1. The van der Waals surface area contributed by atoms with E-state index in [1.54, 1.807) is 21.6 Å². The van der Waals surface area contributed by atoms with Crippen molar-refractivity contribution in [2.24, 2.45) is 4.99 Å². The van der Waals surface area contributed by atoms with Crippen molar-refractivity contribution in [3.63, 3.8) is 0 Å². The highest BCUT2D eigenvalue weighted by atomic mass is 35.5. The van der Waals surface area contributed by atoms with Gasteiger partial charge in [0.05, 0.1) is 31.3 Å². The molecule has 5 rings (SSSR count). The van der Waals surface area contributed by atoms with Crippen molar-refractivity contribution in [2.75, 3.05) is 25.1 Å². The summed E-state index contributed by atoms with van der Waals surface area (Å²) in [5.41, 5.74) is 2.47. The van der Waals surface area contributed by atoms with Crippen molar-refractivity contribution in [3.05, 3.63) is 70.4 Å². The fraction of sp³-hybridized carbons (Fsp3) is 0.320. The Morgan fingerprint density at radius 1 is 1.18 bits per heavy atom. The van der Waals surface area contributed by atoms with Crippen LogP contribution in [0.1, 0.15) is 36.0 Å². The van der Waals surface area contributed by atoms with E-state index in [9.17, 15) is 9.90 Å². The molecule has 3 aromatic rings. The summed E-state index contributed by atoms with van der Waals surface area (Å²) in [6.45, 7) is 3.38. The first-order valence-corrected chi connectivity index (χ1v) is 11.2. The van der Waals surface area contributed by atoms with Gasteiger partial charge in [-0.3, -0.25) is 19.2 Å². The Bertz CT molecular complexity index is 1240. The minimum atomic E-state index is -0.163. The number of carbonyl (C=O) groups excluding carboxylic acids is 1. The highest BCUT2D eigenvalue weighted by Gasteiger charge is 2.43. The lowest BCUT2D eigenvalue weighted by Crippen LogP contribution is -2.50. The van der Waals surface area contributed by atoms with Gasteiger partial charge in [-0.25, -0.2) is 4.99 Å². The Hall–Kier alpha value is -3.52. The average molecular weight is 482 g/mol. The molecule has 1 N–H and O–H groups in total. The molecule has 2 aromatic carbocycles. The zero-order valence-electron chi connectivity index (χ0n) is 18.4. The summed E-state index contributed by atoms with van der Waals surface area (Å²) in [7, 11) is 1.54. The Morgan fingerprint density at radius 2 is 1.94 bits per heavy atom. The molecule has 1 amide bonds. The lowest BCUT2D eigenvalue weighted by Gasteiger charge is -2.32. The van der Waals surface area contributed by atoms with Crippen LogP contribution in [0.25, 0.3) is 0 Å². The van der Waals surface area contributed by atoms with Gasteiger partial charge < -0.3 is 9.84 Å². The summed E-state index contributed by atoms with van der Waals surface area (Å²) in [4.78, 5) is 26.8. The molecule has 2 aliphatic heterocycles. The smallest absolute Gasteiger partial charge is 0.299 e. The molecule has 2 aliphatic rings. The molecule has 34 heavy (non-hydrogen) atoms. The van der Waals surface area contributed by atoms with E-state index in [1.807, 2.05) is 30.0 Å². The van der Waals surface area contributed by atoms with Crippen LogP contribution < -0.4 is 9.64 Å². The van der Waals surface area contributed by atoms with Crippen LogP contribution in [0.4, 0.5) is 5.82 Å². The van der Waals surface area contributed by atoms with Gasteiger partial charge in [0.25, 0.3) is 11.9 Å². The number of methoxy groups -OCH3 is 1. The minimum absolute atomic E-state index is 0. The van der Waals surface area contributed by atoms with Gasteiger partial charge in [0.1, 0.15) is 5.75 Å². The predicted molar refractivity (Wildman–Crippen MR) is 133 cm³/mol. The first-order chi connectivity index (χ1) is 16.0. The number of aliphatic imine (C=N–C) groups is 1. The number of hydrogen-bond acceptors (Lipinski definition) is 6. The standard InChI is InChI=1S/C24H24ClN5O3.CH4/c1-3-28-22(32)20-21(30-14-17(26-23(28)30)11-15-7-5-4-6-8-15)27-24(33-2)29(20)13-16-9-10-19(31)18(25)12-16;/h4-10,12,17,31H,3,11,13-14H2,1-2H3;1H4/t17-;/m1./s1. The second-order valence-corrected chi connectivity index (χ2v) is 8.48. The molecule has 1 atom stereocenters. The monoisotopic (exact) mass is 481 g/mol. The summed E-state index contributed by atoms with van der Waals surface area (Å²) in [6.07, 6.45) is 0.784. The highest BCUT2D eigenvalue weighted by Crippen LogP contribution is 2.36. The number of ether oxygens (including phenoxy) is 1. The molecule has 3 heterocycles. The maximum atomic E-state index is 13.6. The molecule has 0 radical (unpaired) electrons. The summed E-state index contributed by atoms with van der Waals surface area (Å²) in [6, 6.07) is 15.5. The second-order valence-electron chi connectivity index (χ2n) is 8.08. The van der Waals surface area contributed by atoms with Crippen LogP contribution in [0.2, 0.25) is 5.02 Å². The summed E-state index contributed by atoms with van der Waals surface area (Å²) >= 11 is 6.10. The number of fused-ring (bicyclic) bond motifs is 3. The van der Waals surface area contributed by atoms with Crippen molar-refractivity contribution < 1.29 is 14.6 Å². The number of halogens is 1. The van der Waals surface area contributed by atoms with E-state index in [0.29, 0.717) is 43.1 Å². The number of hydrogen-bond donors (Lipinski definition) is 1. The number of rotatable bonds is 6. The van der Waals surface area contributed by atoms with Crippen molar-refractivity contribution >= 4 is 29.3 Å². The second kappa shape index (κ2) is 9.38. The topological polar surface area (TPSA) is 83.2 Å². The summed E-state index contributed by atoms with van der Waals surface area (Å²) in [5, 5.41) is 10.00. The zero-order chi connectivity index (χ0) is 23.1. The molecule has 0 saturated heterocycles. The lowest BCUT2D eigenvalue weighted by atomic mass is 10.1. The molecule has 0 spiro atoms. The van der Waals surface area contributed by atoms with Gasteiger partial charge in [-0.1, -0.05) is 55.4 Å². The molecule has 0 fully saturated rings. The van der Waals surface area contributed by atoms with Crippen molar-refractivity contribution in [1.29, 1.82) is 0 Å². The number of aromatic nitrogens is 2. The van der Waals surface area contributed by atoms with Crippen molar-refractivity contribution in [1.82, 2.24) is 14.5 Å². The zero-order valence-corrected chi connectivity index (χ0v) is 19.2. The van der Waals surface area contributed by atoms with Gasteiger partial charge >= 0.3 is 0 Å². The fourth-order valence-corrected chi connectivity index (χ4v) is 4.62. The van der Waals surface area contributed by atoms with Gasteiger partial charge in [-0.15, -0.1) is 0 Å². The molecule has 0 aliphatic carbocycles. The fourth-order valence-electron chi connectivity index (χ4n) is 4.42. The number of imidazole rings is 1. The number of phenols is 1. The molecule has 0 saturated carbocycles. The van der Waals surface area contributed by atoms with Gasteiger partial charge in [0, 0.05) is 6.54 Å². The molecular weight excluding hydrogens is 454 g/mol.